The zero-order valence-corrected chi connectivity index (χ0v) is 44.2. The summed E-state index contributed by atoms with van der Waals surface area (Å²) >= 11 is 0. The lowest BCUT2D eigenvalue weighted by Gasteiger charge is -2.42. The van der Waals surface area contributed by atoms with E-state index in [2.05, 4.69) is 74.5 Å². The largest absolute Gasteiger partial charge is 0.378 e. The summed E-state index contributed by atoms with van der Waals surface area (Å²) in [7, 11) is 5.99. The Morgan fingerprint density at radius 3 is 1.69 bits per heavy atom. The summed E-state index contributed by atoms with van der Waals surface area (Å²) in [5.41, 5.74) is 5.97. The number of piperidine rings is 2. The number of hydrogen-bond acceptors (Lipinski definition) is 11. The van der Waals surface area contributed by atoms with Gasteiger partial charge in [-0.2, -0.15) is 0 Å². The van der Waals surface area contributed by atoms with Gasteiger partial charge in [0.1, 0.15) is 17.9 Å². The predicted octanol–water partition coefficient (Wildman–Crippen LogP) is 8.73. The number of likely N-dealkylation sites (tertiary alicyclic amines) is 2. The minimum absolute atomic E-state index is 0.0355. The van der Waals surface area contributed by atoms with Crippen molar-refractivity contribution in [3.05, 3.63) is 124 Å². The molecule has 5 aromatic rings. The van der Waals surface area contributed by atoms with Gasteiger partial charge in [0, 0.05) is 73.3 Å². The average molecular weight is 1020 g/mol. The molecular formula is C56H75F2N11O5. The third-order valence-corrected chi connectivity index (χ3v) is 13.8. The van der Waals surface area contributed by atoms with Gasteiger partial charge in [0.05, 0.1) is 6.17 Å². The molecule has 7 rings (SSSR count). The first-order valence-corrected chi connectivity index (χ1v) is 25.8. The topological polar surface area (TPSA) is 190 Å². The Hall–Kier alpha value is -6.47. The summed E-state index contributed by atoms with van der Waals surface area (Å²) in [6, 6.07) is 22.9. The monoisotopic (exact) mass is 1020 g/mol. The first-order chi connectivity index (χ1) is 35.3. The molecule has 1 aromatic heterocycles. The van der Waals surface area contributed by atoms with Crippen LogP contribution in [0.25, 0.3) is 11.4 Å². The molecule has 2 fully saturated rings. The SMILES string of the molecule is CC(=O)c1cc(NC(=O)N[C@H](C)C[C@@H](O)N2CCC[C@@H](Cc3ccc(F)cc3)C2)cc(C(C)=O)c1.CCc1cc(NC(=O)N[C@H](C)C[C@@H](N(C)C)N2CCC[C@@H](Cc3ccc(F)cc3)C2)cc(-c2nnnn2C)c1. The molecule has 5 N–H and O–H groups in total. The third-order valence-electron chi connectivity index (χ3n) is 13.8. The van der Waals surface area contributed by atoms with Gasteiger partial charge in [0.15, 0.2) is 17.4 Å². The van der Waals surface area contributed by atoms with Crippen molar-refractivity contribution in [3.63, 3.8) is 0 Å². The second-order valence-corrected chi connectivity index (χ2v) is 20.4. The van der Waals surface area contributed by atoms with Crippen LogP contribution in [0.1, 0.15) is 111 Å². The molecular weight excluding hydrogens is 945 g/mol. The van der Waals surface area contributed by atoms with Crippen molar-refractivity contribution in [3.8, 4) is 11.4 Å². The van der Waals surface area contributed by atoms with E-state index in [1.54, 1.807) is 36.0 Å². The zero-order chi connectivity index (χ0) is 53.5. The Labute approximate surface area is 434 Å². The van der Waals surface area contributed by atoms with Crippen LogP contribution in [0.15, 0.2) is 84.9 Å². The van der Waals surface area contributed by atoms with Crippen molar-refractivity contribution in [2.75, 3.05) is 50.9 Å². The number of carbonyl (C=O) groups is 4. The minimum Gasteiger partial charge on any atom is -0.378 e. The number of nitrogens with one attached hydrogen (secondary N) is 4. The molecule has 0 saturated carbocycles. The third kappa shape index (κ3) is 17.3. The number of Topliss-reactive ketones (excluding diaryl/α,β-unsaturated/α-hetero) is 2. The summed E-state index contributed by atoms with van der Waals surface area (Å²) in [6.07, 6.45) is 7.60. The number of benzene rings is 4. The van der Waals surface area contributed by atoms with Crippen LogP contribution in [0.3, 0.4) is 0 Å². The maximum absolute atomic E-state index is 13.3. The molecule has 0 unspecified atom stereocenters. The van der Waals surface area contributed by atoms with Gasteiger partial charge in [0.2, 0.25) is 0 Å². The average Bonchev–Trinajstić information content (AvgIpc) is 3.80. The number of aryl methyl sites for hydroxylation is 2. The number of hydrogen-bond donors (Lipinski definition) is 5. The number of carbonyl (C=O) groups excluding carboxylic acids is 4. The van der Waals surface area contributed by atoms with Crippen molar-refractivity contribution in [2.24, 2.45) is 18.9 Å². The molecule has 74 heavy (non-hydrogen) atoms. The molecule has 398 valence electrons. The van der Waals surface area contributed by atoms with Crippen molar-refractivity contribution in [1.29, 1.82) is 0 Å². The number of aromatic nitrogens is 4. The summed E-state index contributed by atoms with van der Waals surface area (Å²) < 4.78 is 28.1. The van der Waals surface area contributed by atoms with E-state index in [4.69, 9.17) is 0 Å². The Morgan fingerprint density at radius 1 is 0.703 bits per heavy atom. The molecule has 0 spiro atoms. The van der Waals surface area contributed by atoms with Gasteiger partial charge in [-0.1, -0.05) is 31.2 Å². The second kappa shape index (κ2) is 27.2. The second-order valence-electron chi connectivity index (χ2n) is 20.4. The minimum atomic E-state index is -0.702. The van der Waals surface area contributed by atoms with E-state index in [9.17, 15) is 33.1 Å². The fraction of sp³-hybridized carbons (Fsp3) is 0.482. The van der Waals surface area contributed by atoms with E-state index in [1.807, 2.05) is 42.2 Å². The number of rotatable bonds is 19. The van der Waals surface area contributed by atoms with E-state index in [0.717, 1.165) is 87.8 Å². The first-order valence-electron chi connectivity index (χ1n) is 25.8. The van der Waals surface area contributed by atoms with Gasteiger partial charge in [0.25, 0.3) is 0 Å². The van der Waals surface area contributed by atoms with Gasteiger partial charge in [-0.25, -0.2) is 23.1 Å². The van der Waals surface area contributed by atoms with Gasteiger partial charge in [-0.3, -0.25) is 24.3 Å². The van der Waals surface area contributed by atoms with E-state index in [-0.39, 0.29) is 47.5 Å². The van der Waals surface area contributed by atoms with Gasteiger partial charge < -0.3 is 26.4 Å². The van der Waals surface area contributed by atoms with Crippen LogP contribution >= 0.6 is 0 Å². The van der Waals surface area contributed by atoms with Crippen LogP contribution in [0, 0.1) is 23.5 Å². The number of aliphatic hydroxyl groups excluding tert-OH is 1. The molecule has 2 saturated heterocycles. The number of nitrogens with zero attached hydrogens (tertiary/aromatic N) is 7. The van der Waals surface area contributed by atoms with E-state index in [0.29, 0.717) is 46.6 Å². The van der Waals surface area contributed by atoms with Crippen LogP contribution in [0.4, 0.5) is 29.7 Å². The summed E-state index contributed by atoms with van der Waals surface area (Å²) in [6.45, 7) is 12.3. The first kappa shape index (κ1) is 56.8. The van der Waals surface area contributed by atoms with Crippen molar-refractivity contribution >= 4 is 35.0 Å². The van der Waals surface area contributed by atoms with Crippen LogP contribution < -0.4 is 21.3 Å². The number of urea groups is 2. The lowest BCUT2D eigenvalue weighted by atomic mass is 9.90. The van der Waals surface area contributed by atoms with E-state index >= 15 is 0 Å². The Kier molecular flexibility index (Phi) is 20.9. The molecule has 2 aliphatic heterocycles. The molecule has 0 bridgehead atoms. The maximum atomic E-state index is 13.3. The normalized spacial score (nSPS) is 17.8. The predicted molar refractivity (Wildman–Crippen MR) is 285 cm³/mol. The van der Waals surface area contributed by atoms with Crippen LogP contribution in [-0.4, -0.2) is 128 Å². The van der Waals surface area contributed by atoms with Crippen molar-refractivity contribution in [2.45, 2.75) is 117 Å². The molecule has 6 atom stereocenters. The Morgan fingerprint density at radius 2 is 1.20 bits per heavy atom. The van der Waals surface area contributed by atoms with Gasteiger partial charge in [-0.05, 0) is 199 Å². The number of amides is 4. The quantitative estimate of drug-likeness (QED) is 0.0498. The fourth-order valence-electron chi connectivity index (χ4n) is 10.0. The zero-order valence-electron chi connectivity index (χ0n) is 44.2. The summed E-state index contributed by atoms with van der Waals surface area (Å²) in [5.74, 6) is 0.714. The number of halogens is 2. The smallest absolute Gasteiger partial charge is 0.319 e. The van der Waals surface area contributed by atoms with Crippen molar-refractivity contribution < 1.29 is 33.1 Å². The van der Waals surface area contributed by atoms with Crippen molar-refractivity contribution in [1.82, 2.24) is 45.5 Å². The van der Waals surface area contributed by atoms with E-state index < -0.39 is 12.3 Å². The van der Waals surface area contributed by atoms with Crippen LogP contribution in [0.5, 0.6) is 0 Å². The highest BCUT2D eigenvalue weighted by Gasteiger charge is 2.30. The highest BCUT2D eigenvalue weighted by molar-refractivity contribution is 6.02. The van der Waals surface area contributed by atoms with Crippen LogP contribution in [-0.2, 0) is 26.3 Å². The molecule has 0 aliphatic carbocycles. The number of aliphatic hydroxyl groups is 1. The van der Waals surface area contributed by atoms with Gasteiger partial charge >= 0.3 is 12.1 Å². The highest BCUT2D eigenvalue weighted by atomic mass is 19.1. The summed E-state index contributed by atoms with van der Waals surface area (Å²) in [4.78, 5) is 55.8. The molecule has 4 amide bonds. The highest BCUT2D eigenvalue weighted by Crippen LogP contribution is 2.27. The molecule has 2 aliphatic rings. The maximum Gasteiger partial charge on any atom is 0.319 e. The standard InChI is InChI=1S/C29H41FN8O.C27H34FN3O4/c1-6-21-16-24(28-33-34-35-37(28)5)18-26(17-21)32-29(39)31-20(2)14-27(36(3)4)38-13-7-8-23(19-38)15-22-9-11-25(30)12-10-22;1-17(29-27(35)30-25-14-22(18(2)32)13-23(15-25)19(3)33)11-26(34)31-10-4-5-21(16-31)12-20-6-8-24(28)9-7-20/h9-12,16-18,20,23,27H,6-8,13-15,19H2,1-5H3,(H2,31,32,39);6-9,13-15,17,21,26,34H,4-5,10-12,16H2,1-3H3,(H2,29,30,35)/t20-,23+,27+;17-,21+,26-/m11/s1. The summed E-state index contributed by atoms with van der Waals surface area (Å²) in [5, 5.41) is 34.2. The Balaban J connectivity index is 0.000000242. The lowest BCUT2D eigenvalue weighted by molar-refractivity contribution is -0.0306. The van der Waals surface area contributed by atoms with E-state index in [1.165, 1.54) is 56.2 Å². The van der Waals surface area contributed by atoms with Crippen LogP contribution in [0.2, 0.25) is 0 Å². The molecule has 4 aromatic carbocycles. The lowest BCUT2D eigenvalue weighted by Crippen LogP contribution is -2.52. The Bertz CT molecular complexity index is 2620. The number of anilines is 2. The molecule has 16 nitrogen and oxygen atoms in total. The molecule has 18 heteroatoms. The van der Waals surface area contributed by atoms with Gasteiger partial charge in [-0.15, -0.1) is 5.10 Å². The number of ketones is 2. The molecule has 0 radical (unpaired) electrons. The number of tetrazole rings is 1. The fourth-order valence-corrected chi connectivity index (χ4v) is 10.0. The molecule has 3 heterocycles.